The van der Waals surface area contributed by atoms with E-state index < -0.39 is 0 Å². The van der Waals surface area contributed by atoms with Gasteiger partial charge in [-0.3, -0.25) is 4.79 Å². The van der Waals surface area contributed by atoms with E-state index in [0.717, 1.165) is 11.3 Å². The largest absolute Gasteiger partial charge is 0.330 e. The van der Waals surface area contributed by atoms with Gasteiger partial charge in [0.2, 0.25) is 5.91 Å². The third-order valence-electron chi connectivity index (χ3n) is 2.19. The van der Waals surface area contributed by atoms with Crippen molar-refractivity contribution in [2.75, 3.05) is 11.9 Å². The molecular formula is C12H13N3OS. The third-order valence-corrected chi connectivity index (χ3v) is 2.95. The summed E-state index contributed by atoms with van der Waals surface area (Å²) < 4.78 is 0. The van der Waals surface area contributed by atoms with E-state index in [1.54, 1.807) is 0 Å². The highest BCUT2D eigenvalue weighted by Gasteiger charge is 2.06. The van der Waals surface area contributed by atoms with Gasteiger partial charge in [0.05, 0.1) is 5.69 Å². The van der Waals surface area contributed by atoms with E-state index in [-0.39, 0.29) is 5.91 Å². The predicted octanol–water partition coefficient (Wildman–Crippen LogP) is 2.10. The first-order valence-electron chi connectivity index (χ1n) is 5.30. The van der Waals surface area contributed by atoms with Crippen LogP contribution in [0.2, 0.25) is 0 Å². The average molecular weight is 247 g/mol. The highest BCUT2D eigenvalue weighted by molar-refractivity contribution is 7.14. The quantitative estimate of drug-likeness (QED) is 0.869. The zero-order valence-electron chi connectivity index (χ0n) is 9.22. The van der Waals surface area contributed by atoms with Crippen LogP contribution in [0.15, 0.2) is 35.7 Å². The van der Waals surface area contributed by atoms with Gasteiger partial charge in [-0.2, -0.15) is 0 Å². The van der Waals surface area contributed by atoms with Crippen LogP contribution in [0.25, 0.3) is 11.3 Å². The molecule has 1 heterocycles. The Bertz CT molecular complexity index is 495. The van der Waals surface area contributed by atoms with E-state index in [9.17, 15) is 4.79 Å². The molecule has 0 spiro atoms. The molecule has 3 N–H and O–H groups in total. The van der Waals surface area contributed by atoms with Gasteiger partial charge < -0.3 is 11.1 Å². The van der Waals surface area contributed by atoms with Crippen molar-refractivity contribution in [1.29, 1.82) is 0 Å². The lowest BCUT2D eigenvalue weighted by Gasteiger charge is -1.98. The molecule has 0 atom stereocenters. The number of hydrogen-bond acceptors (Lipinski definition) is 4. The molecule has 0 unspecified atom stereocenters. The van der Waals surface area contributed by atoms with Gasteiger partial charge in [0.15, 0.2) is 5.13 Å². The van der Waals surface area contributed by atoms with Crippen molar-refractivity contribution in [2.45, 2.75) is 6.42 Å². The highest BCUT2D eigenvalue weighted by Crippen LogP contribution is 2.24. The van der Waals surface area contributed by atoms with Crippen LogP contribution in [0.5, 0.6) is 0 Å². The van der Waals surface area contributed by atoms with Crippen molar-refractivity contribution < 1.29 is 4.79 Å². The standard InChI is InChI=1S/C12H13N3OS/c13-7-6-11(16)15-12-14-10(8-17-12)9-4-2-1-3-5-9/h1-5,8H,6-7,13H2,(H,14,15,16). The number of benzene rings is 1. The minimum Gasteiger partial charge on any atom is -0.330 e. The molecule has 4 nitrogen and oxygen atoms in total. The fourth-order valence-electron chi connectivity index (χ4n) is 1.39. The predicted molar refractivity (Wildman–Crippen MR) is 69.9 cm³/mol. The molecule has 0 saturated carbocycles. The molecule has 17 heavy (non-hydrogen) atoms. The van der Waals surface area contributed by atoms with Crippen molar-refractivity contribution in [2.24, 2.45) is 5.73 Å². The summed E-state index contributed by atoms with van der Waals surface area (Å²) in [6.07, 6.45) is 0.320. The Morgan fingerprint density at radius 3 is 2.82 bits per heavy atom. The number of amides is 1. The average Bonchev–Trinajstić information content (AvgIpc) is 2.79. The lowest BCUT2D eigenvalue weighted by Crippen LogP contribution is -2.15. The van der Waals surface area contributed by atoms with Gasteiger partial charge in [-0.25, -0.2) is 4.98 Å². The fourth-order valence-corrected chi connectivity index (χ4v) is 2.12. The summed E-state index contributed by atoms with van der Waals surface area (Å²) >= 11 is 1.41. The van der Waals surface area contributed by atoms with Gasteiger partial charge in [0, 0.05) is 23.9 Å². The smallest absolute Gasteiger partial charge is 0.227 e. The first-order valence-corrected chi connectivity index (χ1v) is 6.18. The normalized spacial score (nSPS) is 10.2. The second-order valence-electron chi connectivity index (χ2n) is 3.49. The molecule has 2 rings (SSSR count). The second kappa shape index (κ2) is 5.56. The van der Waals surface area contributed by atoms with Crippen LogP contribution in [0.3, 0.4) is 0 Å². The van der Waals surface area contributed by atoms with Crippen LogP contribution in [-0.4, -0.2) is 17.4 Å². The Hall–Kier alpha value is -1.72. The second-order valence-corrected chi connectivity index (χ2v) is 4.35. The highest BCUT2D eigenvalue weighted by atomic mass is 32.1. The molecular weight excluding hydrogens is 234 g/mol. The first-order chi connectivity index (χ1) is 8.29. The van der Waals surface area contributed by atoms with Crippen LogP contribution in [-0.2, 0) is 4.79 Å². The van der Waals surface area contributed by atoms with E-state index in [4.69, 9.17) is 5.73 Å². The lowest BCUT2D eigenvalue weighted by molar-refractivity contribution is -0.116. The lowest BCUT2D eigenvalue weighted by atomic mass is 10.2. The van der Waals surface area contributed by atoms with Crippen LogP contribution >= 0.6 is 11.3 Å². The van der Waals surface area contributed by atoms with E-state index in [0.29, 0.717) is 18.1 Å². The van der Waals surface area contributed by atoms with Crippen LogP contribution in [0.1, 0.15) is 6.42 Å². The molecule has 0 radical (unpaired) electrons. The van der Waals surface area contributed by atoms with Crippen molar-refractivity contribution >= 4 is 22.4 Å². The molecule has 88 valence electrons. The number of hydrogen-bond donors (Lipinski definition) is 2. The third kappa shape index (κ3) is 3.12. The Morgan fingerprint density at radius 1 is 1.35 bits per heavy atom. The van der Waals surface area contributed by atoms with Crippen molar-refractivity contribution in [3.63, 3.8) is 0 Å². The van der Waals surface area contributed by atoms with Crippen molar-refractivity contribution in [1.82, 2.24) is 4.98 Å². The molecule has 1 amide bonds. The maximum absolute atomic E-state index is 11.3. The number of nitrogens with zero attached hydrogens (tertiary/aromatic N) is 1. The van der Waals surface area contributed by atoms with Crippen molar-refractivity contribution in [3.8, 4) is 11.3 Å². The van der Waals surface area contributed by atoms with Crippen LogP contribution in [0, 0.1) is 0 Å². The van der Waals surface area contributed by atoms with Gasteiger partial charge in [-0.15, -0.1) is 11.3 Å². The topological polar surface area (TPSA) is 68.0 Å². The van der Waals surface area contributed by atoms with Crippen molar-refractivity contribution in [3.05, 3.63) is 35.7 Å². The maximum atomic E-state index is 11.3. The van der Waals surface area contributed by atoms with Gasteiger partial charge in [-0.1, -0.05) is 30.3 Å². The summed E-state index contributed by atoms with van der Waals surface area (Å²) in [5.74, 6) is -0.0959. The number of anilines is 1. The molecule has 0 aliphatic rings. The zero-order valence-corrected chi connectivity index (χ0v) is 10.0. The summed E-state index contributed by atoms with van der Waals surface area (Å²) in [5, 5.41) is 5.26. The molecule has 1 aromatic heterocycles. The van der Waals surface area contributed by atoms with Gasteiger partial charge >= 0.3 is 0 Å². The Kier molecular flexibility index (Phi) is 3.85. The molecule has 0 aliphatic carbocycles. The molecule has 2 aromatic rings. The molecule has 0 aliphatic heterocycles. The number of nitrogens with one attached hydrogen (secondary N) is 1. The van der Waals surface area contributed by atoms with E-state index in [1.807, 2.05) is 35.7 Å². The van der Waals surface area contributed by atoms with Crippen LogP contribution in [0.4, 0.5) is 5.13 Å². The first kappa shape index (κ1) is 11.8. The van der Waals surface area contributed by atoms with Gasteiger partial charge in [0.25, 0.3) is 0 Å². The number of nitrogens with two attached hydrogens (primary N) is 1. The number of thiazole rings is 1. The SMILES string of the molecule is NCCC(=O)Nc1nc(-c2ccccc2)cs1. The number of carbonyl (C=O) groups excluding carboxylic acids is 1. The van der Waals surface area contributed by atoms with E-state index >= 15 is 0 Å². The van der Waals surface area contributed by atoms with E-state index in [1.165, 1.54) is 11.3 Å². The number of rotatable bonds is 4. The maximum Gasteiger partial charge on any atom is 0.227 e. The molecule has 0 bridgehead atoms. The summed E-state index contributed by atoms with van der Waals surface area (Å²) in [6, 6.07) is 9.85. The zero-order chi connectivity index (χ0) is 12.1. The number of carbonyl (C=O) groups is 1. The van der Waals surface area contributed by atoms with Gasteiger partial charge in [0.1, 0.15) is 0 Å². The summed E-state index contributed by atoms with van der Waals surface area (Å²) in [7, 11) is 0. The minimum atomic E-state index is -0.0959. The van der Waals surface area contributed by atoms with Gasteiger partial charge in [-0.05, 0) is 0 Å². The fraction of sp³-hybridized carbons (Fsp3) is 0.167. The Balaban J connectivity index is 2.09. The molecule has 0 saturated heterocycles. The Labute approximate surface area is 103 Å². The van der Waals surface area contributed by atoms with Crippen LogP contribution < -0.4 is 11.1 Å². The monoisotopic (exact) mass is 247 g/mol. The minimum absolute atomic E-state index is 0.0959. The molecule has 1 aromatic carbocycles. The summed E-state index contributed by atoms with van der Waals surface area (Å²) in [6.45, 7) is 0.350. The Morgan fingerprint density at radius 2 is 2.12 bits per heavy atom. The van der Waals surface area contributed by atoms with E-state index in [2.05, 4.69) is 10.3 Å². The molecule has 5 heteroatoms. The molecule has 0 fully saturated rings. The summed E-state index contributed by atoms with van der Waals surface area (Å²) in [5.41, 5.74) is 7.22. The summed E-state index contributed by atoms with van der Waals surface area (Å²) in [4.78, 5) is 15.7. The number of aromatic nitrogens is 1.